The van der Waals surface area contributed by atoms with E-state index in [1.165, 1.54) is 18.5 Å². The first kappa shape index (κ1) is 18.0. The van der Waals surface area contributed by atoms with Crippen LogP contribution in [0, 0.1) is 0 Å². The molecule has 150 valence electrons. The van der Waals surface area contributed by atoms with Gasteiger partial charge < -0.3 is 19.3 Å². The molecule has 3 aromatic rings. The summed E-state index contributed by atoms with van der Waals surface area (Å²) in [5, 5.41) is 1.03. The highest BCUT2D eigenvalue weighted by Crippen LogP contribution is 2.41. The topological polar surface area (TPSA) is 50.7 Å². The van der Waals surface area contributed by atoms with Crippen LogP contribution in [0.2, 0.25) is 0 Å². The van der Waals surface area contributed by atoms with E-state index in [1.54, 1.807) is 14.2 Å². The van der Waals surface area contributed by atoms with Gasteiger partial charge in [0.25, 0.3) is 0 Å². The molecular formula is C23H26N4O2. The molecule has 1 aliphatic carbocycles. The second-order valence-electron chi connectivity index (χ2n) is 7.71. The zero-order valence-electron chi connectivity index (χ0n) is 17.0. The standard InChI is InChI=1S/C23H26N4O2/c1-28-20-14-18-19(15-21(20)29-2)24-22(16-8-9-16)25-23(18)27-12-10-26(11-13-27)17-6-4-3-5-7-17/h3-7,14-16H,8-13H2,1-2H3. The minimum Gasteiger partial charge on any atom is -0.493 e. The third kappa shape index (κ3) is 3.43. The maximum atomic E-state index is 5.54. The summed E-state index contributed by atoms with van der Waals surface area (Å²) < 4.78 is 11.0. The van der Waals surface area contributed by atoms with E-state index in [-0.39, 0.29) is 0 Å². The highest BCUT2D eigenvalue weighted by Gasteiger charge is 2.29. The minimum absolute atomic E-state index is 0.497. The van der Waals surface area contributed by atoms with Crippen molar-refractivity contribution in [2.24, 2.45) is 0 Å². The highest BCUT2D eigenvalue weighted by molar-refractivity contribution is 5.92. The number of aromatic nitrogens is 2. The van der Waals surface area contributed by atoms with Crippen molar-refractivity contribution in [3.8, 4) is 11.5 Å². The number of ether oxygens (including phenoxy) is 2. The molecule has 6 heteroatoms. The van der Waals surface area contributed by atoms with Crippen LogP contribution in [0.3, 0.4) is 0 Å². The van der Waals surface area contributed by atoms with Gasteiger partial charge in [-0.1, -0.05) is 18.2 Å². The second-order valence-corrected chi connectivity index (χ2v) is 7.71. The Bertz CT molecular complexity index is 1010. The predicted octanol–water partition coefficient (Wildman–Crippen LogP) is 3.85. The Morgan fingerprint density at radius 3 is 2.14 bits per heavy atom. The third-order valence-corrected chi connectivity index (χ3v) is 5.84. The maximum absolute atomic E-state index is 5.54. The van der Waals surface area contributed by atoms with Crippen LogP contribution in [0.1, 0.15) is 24.6 Å². The number of nitrogens with zero attached hydrogens (tertiary/aromatic N) is 4. The van der Waals surface area contributed by atoms with Gasteiger partial charge >= 0.3 is 0 Å². The van der Waals surface area contributed by atoms with Gasteiger partial charge in [0, 0.05) is 49.2 Å². The Morgan fingerprint density at radius 1 is 0.828 bits per heavy atom. The Labute approximate surface area is 171 Å². The van der Waals surface area contributed by atoms with Crippen molar-refractivity contribution in [1.82, 2.24) is 9.97 Å². The summed E-state index contributed by atoms with van der Waals surface area (Å²) in [5.41, 5.74) is 2.21. The number of methoxy groups -OCH3 is 2. The van der Waals surface area contributed by atoms with Crippen molar-refractivity contribution >= 4 is 22.4 Å². The van der Waals surface area contributed by atoms with E-state index < -0.39 is 0 Å². The molecule has 0 amide bonds. The van der Waals surface area contributed by atoms with Gasteiger partial charge in [0.15, 0.2) is 11.5 Å². The van der Waals surface area contributed by atoms with Crippen LogP contribution >= 0.6 is 0 Å². The lowest BCUT2D eigenvalue weighted by Gasteiger charge is -2.37. The summed E-state index contributed by atoms with van der Waals surface area (Å²) in [6.45, 7) is 3.81. The van der Waals surface area contributed by atoms with Gasteiger partial charge in [-0.2, -0.15) is 0 Å². The van der Waals surface area contributed by atoms with Crippen LogP contribution in [0.5, 0.6) is 11.5 Å². The van der Waals surface area contributed by atoms with Crippen LogP contribution in [-0.4, -0.2) is 50.4 Å². The molecule has 29 heavy (non-hydrogen) atoms. The first-order valence-electron chi connectivity index (χ1n) is 10.3. The minimum atomic E-state index is 0.497. The van der Waals surface area contributed by atoms with E-state index in [2.05, 4.69) is 40.1 Å². The summed E-state index contributed by atoms with van der Waals surface area (Å²) in [4.78, 5) is 14.7. The van der Waals surface area contributed by atoms with Crippen LogP contribution in [-0.2, 0) is 0 Å². The number of para-hydroxylation sites is 1. The molecule has 2 aliphatic rings. The first-order chi connectivity index (χ1) is 14.3. The van der Waals surface area contributed by atoms with Gasteiger partial charge in [-0.05, 0) is 31.0 Å². The molecule has 5 rings (SSSR count). The molecule has 2 heterocycles. The highest BCUT2D eigenvalue weighted by atomic mass is 16.5. The number of hydrogen-bond acceptors (Lipinski definition) is 6. The summed E-state index contributed by atoms with van der Waals surface area (Å²) in [6, 6.07) is 14.6. The average Bonchev–Trinajstić information content (AvgIpc) is 3.63. The predicted molar refractivity (Wildman–Crippen MR) is 115 cm³/mol. The van der Waals surface area contributed by atoms with Crippen molar-refractivity contribution in [1.29, 1.82) is 0 Å². The molecule has 1 aromatic heterocycles. The molecular weight excluding hydrogens is 364 g/mol. The van der Waals surface area contributed by atoms with Gasteiger partial charge in [0.2, 0.25) is 0 Å². The molecule has 0 bridgehead atoms. The monoisotopic (exact) mass is 390 g/mol. The smallest absolute Gasteiger partial charge is 0.162 e. The van der Waals surface area contributed by atoms with E-state index in [0.29, 0.717) is 17.4 Å². The van der Waals surface area contributed by atoms with E-state index in [4.69, 9.17) is 19.4 Å². The molecule has 2 aromatic carbocycles. The number of hydrogen-bond donors (Lipinski definition) is 0. The average molecular weight is 390 g/mol. The van der Waals surface area contributed by atoms with Gasteiger partial charge in [-0.3, -0.25) is 0 Å². The largest absolute Gasteiger partial charge is 0.493 e. The lowest BCUT2D eigenvalue weighted by Crippen LogP contribution is -2.47. The van der Waals surface area contributed by atoms with Gasteiger partial charge in [-0.15, -0.1) is 0 Å². The van der Waals surface area contributed by atoms with Crippen LogP contribution in [0.25, 0.3) is 10.9 Å². The van der Waals surface area contributed by atoms with E-state index in [0.717, 1.165) is 48.7 Å². The lowest BCUT2D eigenvalue weighted by atomic mass is 10.1. The Hall–Kier alpha value is -3.02. The molecule has 1 saturated heterocycles. The van der Waals surface area contributed by atoms with Crippen molar-refractivity contribution in [3.05, 3.63) is 48.3 Å². The molecule has 1 saturated carbocycles. The fourth-order valence-electron chi connectivity index (χ4n) is 4.04. The molecule has 1 aliphatic heterocycles. The molecule has 0 unspecified atom stereocenters. The van der Waals surface area contributed by atoms with E-state index >= 15 is 0 Å². The number of rotatable bonds is 5. The van der Waals surface area contributed by atoms with Crippen LogP contribution in [0.4, 0.5) is 11.5 Å². The zero-order chi connectivity index (χ0) is 19.8. The third-order valence-electron chi connectivity index (χ3n) is 5.84. The first-order valence-corrected chi connectivity index (χ1v) is 10.3. The van der Waals surface area contributed by atoms with Crippen molar-refractivity contribution in [3.63, 3.8) is 0 Å². The fourth-order valence-corrected chi connectivity index (χ4v) is 4.04. The van der Waals surface area contributed by atoms with Gasteiger partial charge in [0.1, 0.15) is 11.6 Å². The maximum Gasteiger partial charge on any atom is 0.162 e. The molecule has 2 fully saturated rings. The Kier molecular flexibility index (Phi) is 4.62. The van der Waals surface area contributed by atoms with Gasteiger partial charge in [-0.25, -0.2) is 9.97 Å². The molecule has 0 N–H and O–H groups in total. The molecule has 0 atom stereocenters. The fraction of sp³-hybridized carbons (Fsp3) is 0.391. The zero-order valence-corrected chi connectivity index (χ0v) is 17.0. The van der Waals surface area contributed by atoms with Crippen LogP contribution < -0.4 is 19.3 Å². The van der Waals surface area contributed by atoms with Crippen molar-refractivity contribution < 1.29 is 9.47 Å². The number of fused-ring (bicyclic) bond motifs is 1. The van der Waals surface area contributed by atoms with Gasteiger partial charge in [0.05, 0.1) is 19.7 Å². The molecule has 6 nitrogen and oxygen atoms in total. The van der Waals surface area contributed by atoms with Crippen molar-refractivity contribution in [2.45, 2.75) is 18.8 Å². The summed E-state index contributed by atoms with van der Waals surface area (Å²) in [6.07, 6.45) is 2.36. The normalized spacial score (nSPS) is 16.9. The Balaban J connectivity index is 1.50. The number of piperazine rings is 1. The molecule has 0 radical (unpaired) electrons. The summed E-state index contributed by atoms with van der Waals surface area (Å²) in [7, 11) is 3.33. The molecule has 0 spiro atoms. The lowest BCUT2D eigenvalue weighted by molar-refractivity contribution is 0.355. The van der Waals surface area contributed by atoms with E-state index in [1.807, 2.05) is 12.1 Å². The van der Waals surface area contributed by atoms with Crippen molar-refractivity contribution in [2.75, 3.05) is 50.2 Å². The SMILES string of the molecule is COc1cc2nc(C3CC3)nc(N3CCN(c4ccccc4)CC3)c2cc1OC. The number of benzene rings is 2. The summed E-state index contributed by atoms with van der Waals surface area (Å²) >= 11 is 0. The number of anilines is 2. The second kappa shape index (κ2) is 7.43. The van der Waals surface area contributed by atoms with Crippen LogP contribution in [0.15, 0.2) is 42.5 Å². The summed E-state index contributed by atoms with van der Waals surface area (Å²) in [5.74, 6) is 3.90. The van der Waals surface area contributed by atoms with E-state index in [9.17, 15) is 0 Å². The quantitative estimate of drug-likeness (QED) is 0.660. The Morgan fingerprint density at radius 2 is 1.48 bits per heavy atom.